The average molecular weight is 379 g/mol. The highest BCUT2D eigenvalue weighted by molar-refractivity contribution is 7.15. The zero-order valence-electron chi connectivity index (χ0n) is 14.9. The Bertz CT molecular complexity index is 964. The van der Waals surface area contributed by atoms with E-state index in [2.05, 4.69) is 26.6 Å². The second kappa shape index (κ2) is 6.90. The minimum atomic E-state index is 0.202. The monoisotopic (exact) mass is 379 g/mol. The van der Waals surface area contributed by atoms with Crippen LogP contribution in [-0.4, -0.2) is 36.9 Å². The number of phenolic OH excluding ortho intramolecular Hbond substituents is 1. The molecule has 2 saturated heterocycles. The molecule has 27 heavy (non-hydrogen) atoms. The van der Waals surface area contributed by atoms with Crippen LogP contribution < -0.4 is 5.32 Å². The van der Waals surface area contributed by atoms with E-state index in [1.807, 2.05) is 22.9 Å². The van der Waals surface area contributed by atoms with E-state index in [1.165, 1.54) is 36.2 Å². The van der Waals surface area contributed by atoms with Crippen molar-refractivity contribution in [2.45, 2.75) is 44.2 Å². The average Bonchev–Trinajstić information content (AvgIpc) is 3.33. The van der Waals surface area contributed by atoms with Crippen molar-refractivity contribution >= 4 is 17.4 Å². The fourth-order valence-corrected chi connectivity index (χ4v) is 4.99. The molecule has 0 saturated carbocycles. The normalized spacial score (nSPS) is 23.6. The van der Waals surface area contributed by atoms with Gasteiger partial charge in [0.2, 0.25) is 0 Å². The summed E-state index contributed by atoms with van der Waals surface area (Å²) >= 11 is 1.53. The molecule has 2 N–H and O–H groups in total. The molecule has 0 aliphatic carbocycles. The number of aromatic nitrogens is 4. The predicted molar refractivity (Wildman–Crippen MR) is 106 cm³/mol. The van der Waals surface area contributed by atoms with Crippen molar-refractivity contribution in [3.63, 3.8) is 0 Å². The van der Waals surface area contributed by atoms with Crippen molar-refractivity contribution in [1.82, 2.24) is 25.1 Å². The third-order valence-corrected chi connectivity index (χ3v) is 6.28. The summed E-state index contributed by atoms with van der Waals surface area (Å²) in [7, 11) is 0. The molecule has 1 unspecified atom stereocenters. The molecule has 2 aromatic heterocycles. The first-order chi connectivity index (χ1) is 13.2. The largest absolute Gasteiger partial charge is 0.507 e. The number of fused-ring (bicyclic) bond motifs is 2. The van der Waals surface area contributed by atoms with E-state index < -0.39 is 0 Å². The summed E-state index contributed by atoms with van der Waals surface area (Å²) in [6, 6.07) is 6.80. The van der Waals surface area contributed by atoms with E-state index in [0.29, 0.717) is 17.6 Å². The second-order valence-electron chi connectivity index (χ2n) is 7.32. The van der Waals surface area contributed by atoms with Crippen LogP contribution in [0.2, 0.25) is 0 Å². The molecule has 0 radical (unpaired) electrons. The van der Waals surface area contributed by atoms with Crippen molar-refractivity contribution < 1.29 is 5.11 Å². The van der Waals surface area contributed by atoms with Crippen LogP contribution in [0.1, 0.15) is 37.1 Å². The van der Waals surface area contributed by atoms with Crippen molar-refractivity contribution in [1.29, 1.82) is 0 Å². The van der Waals surface area contributed by atoms with Gasteiger partial charge < -0.3 is 15.0 Å². The maximum atomic E-state index is 10.5. The first-order valence-electron chi connectivity index (χ1n) is 9.35. The van der Waals surface area contributed by atoms with E-state index in [4.69, 9.17) is 0 Å². The van der Waals surface area contributed by atoms with Gasteiger partial charge in [-0.05, 0) is 43.9 Å². The summed E-state index contributed by atoms with van der Waals surface area (Å²) in [5, 5.41) is 24.5. The Morgan fingerprint density at radius 3 is 2.78 bits per heavy atom. The maximum Gasteiger partial charge on any atom is 0.151 e. The zero-order chi connectivity index (χ0) is 18.2. The highest BCUT2D eigenvalue weighted by atomic mass is 32.1. The van der Waals surface area contributed by atoms with Gasteiger partial charge in [0.05, 0.1) is 17.6 Å². The first kappa shape index (κ1) is 16.6. The third kappa shape index (κ3) is 3.40. The van der Waals surface area contributed by atoms with Crippen LogP contribution in [0.3, 0.4) is 0 Å². The van der Waals surface area contributed by atoms with Gasteiger partial charge in [-0.2, -0.15) is 0 Å². The van der Waals surface area contributed by atoms with Crippen molar-refractivity contribution in [2.75, 3.05) is 0 Å². The fourth-order valence-electron chi connectivity index (χ4n) is 4.12. The van der Waals surface area contributed by atoms with E-state index in [1.54, 1.807) is 18.6 Å². The smallest absolute Gasteiger partial charge is 0.151 e. The van der Waals surface area contributed by atoms with Gasteiger partial charge in [-0.3, -0.25) is 0 Å². The number of imidazole rings is 1. The van der Waals surface area contributed by atoms with Gasteiger partial charge in [0.15, 0.2) is 5.01 Å². The van der Waals surface area contributed by atoms with Crippen molar-refractivity contribution in [3.8, 4) is 22.0 Å². The molecule has 2 atom stereocenters. The summed E-state index contributed by atoms with van der Waals surface area (Å²) in [5.74, 6) is 0.202. The van der Waals surface area contributed by atoms with Crippen LogP contribution in [-0.2, 0) is 0 Å². The third-order valence-electron chi connectivity index (χ3n) is 5.38. The van der Waals surface area contributed by atoms with Gasteiger partial charge in [0, 0.05) is 30.5 Å². The Morgan fingerprint density at radius 1 is 1.19 bits per heavy atom. The van der Waals surface area contributed by atoms with E-state index >= 15 is 0 Å². The Kier molecular flexibility index (Phi) is 4.26. The van der Waals surface area contributed by atoms with Gasteiger partial charge in [0.25, 0.3) is 0 Å². The number of hydrogen-bond donors (Lipinski definition) is 2. The molecule has 7 heteroatoms. The molecule has 0 spiro atoms. The molecular weight excluding hydrogens is 358 g/mol. The Morgan fingerprint density at radius 2 is 2.04 bits per heavy atom. The van der Waals surface area contributed by atoms with Crippen LogP contribution in [0.4, 0.5) is 0 Å². The van der Waals surface area contributed by atoms with Crippen LogP contribution in [0.25, 0.3) is 22.3 Å². The summed E-state index contributed by atoms with van der Waals surface area (Å²) in [6.45, 7) is 0. The van der Waals surface area contributed by atoms with Crippen LogP contribution in [0.15, 0.2) is 42.5 Å². The minimum Gasteiger partial charge on any atom is -0.507 e. The number of benzene rings is 1. The number of rotatable bonds is 3. The summed E-state index contributed by atoms with van der Waals surface area (Å²) in [5.41, 5.74) is 3.04. The molecule has 0 amide bonds. The van der Waals surface area contributed by atoms with Gasteiger partial charge in [-0.15, -0.1) is 10.2 Å². The van der Waals surface area contributed by atoms with Crippen LogP contribution in [0.5, 0.6) is 5.75 Å². The molecule has 2 aliphatic rings. The number of piperidine rings is 2. The molecule has 4 heterocycles. The number of phenols is 1. The molecule has 2 fully saturated rings. The quantitative estimate of drug-likeness (QED) is 0.724. The van der Waals surface area contributed by atoms with Gasteiger partial charge >= 0.3 is 0 Å². The van der Waals surface area contributed by atoms with Crippen molar-refractivity contribution in [3.05, 3.63) is 47.5 Å². The van der Waals surface area contributed by atoms with Gasteiger partial charge in [-0.1, -0.05) is 23.3 Å². The molecule has 2 aliphatic heterocycles. The van der Waals surface area contributed by atoms with E-state index in [0.717, 1.165) is 28.5 Å². The number of hydrogen-bond acceptors (Lipinski definition) is 6. The molecule has 138 valence electrons. The highest BCUT2D eigenvalue weighted by Crippen LogP contribution is 2.35. The lowest BCUT2D eigenvalue weighted by atomic mass is 9.84. The fraction of sp³-hybridized carbons (Fsp3) is 0.350. The van der Waals surface area contributed by atoms with E-state index in [-0.39, 0.29) is 5.75 Å². The van der Waals surface area contributed by atoms with Crippen LogP contribution >= 0.6 is 11.3 Å². The lowest BCUT2D eigenvalue weighted by Crippen LogP contribution is -2.46. The molecular formula is C20H21N5OS. The number of nitrogens with zero attached hydrogens (tertiary/aromatic N) is 4. The summed E-state index contributed by atoms with van der Waals surface area (Å²) in [4.78, 5) is 4.04. The summed E-state index contributed by atoms with van der Waals surface area (Å²) < 4.78 is 1.85. The lowest BCUT2D eigenvalue weighted by Gasteiger charge is -2.37. The first-order valence-corrected chi connectivity index (χ1v) is 10.2. The van der Waals surface area contributed by atoms with Gasteiger partial charge in [0.1, 0.15) is 10.8 Å². The number of aromatic hydroxyl groups is 1. The Labute approximate surface area is 161 Å². The predicted octanol–water partition coefficient (Wildman–Crippen LogP) is 3.78. The molecule has 2 bridgehead atoms. The zero-order valence-corrected chi connectivity index (χ0v) is 15.7. The number of nitrogens with one attached hydrogen (secondary N) is 1. The molecule has 1 aromatic carbocycles. The topological polar surface area (TPSA) is 75.9 Å². The second-order valence-corrected chi connectivity index (χ2v) is 8.33. The SMILES string of the molecule is Oc1cc(-n2ccnc2)ccc1-c1nnc(/C=C2/CC3CCC[C@@H](C2)N3)s1. The Balaban J connectivity index is 1.38. The molecule has 3 aromatic rings. The lowest BCUT2D eigenvalue weighted by molar-refractivity contribution is 0.283. The van der Waals surface area contributed by atoms with Gasteiger partial charge in [-0.25, -0.2) is 4.98 Å². The van der Waals surface area contributed by atoms with Crippen LogP contribution in [0, 0.1) is 0 Å². The molecule has 5 rings (SSSR count). The van der Waals surface area contributed by atoms with Crippen molar-refractivity contribution in [2.24, 2.45) is 0 Å². The standard InChI is InChI=1S/C20H21N5OS/c26-18-11-16(25-7-6-21-12-25)4-5-17(18)20-24-23-19(27-20)10-13-8-14-2-1-3-15(9-13)22-14/h4-7,10-12,14-15,22,26H,1-3,8-9H2/b13-10-/t14?,15-/m0/s1. The summed E-state index contributed by atoms with van der Waals surface area (Å²) in [6.07, 6.45) is 13.6. The Hall–Kier alpha value is -2.51. The molecule has 6 nitrogen and oxygen atoms in total. The van der Waals surface area contributed by atoms with E-state index in [9.17, 15) is 5.11 Å². The minimum absolute atomic E-state index is 0.202. The highest BCUT2D eigenvalue weighted by Gasteiger charge is 2.27. The maximum absolute atomic E-state index is 10.5.